The fraction of sp³-hybridized carbons (Fsp3) is 0.450. The lowest BCUT2D eigenvalue weighted by atomic mass is 9.79. The van der Waals surface area contributed by atoms with Gasteiger partial charge in [-0.2, -0.15) is 0 Å². The number of nitrogens with one attached hydrogen (secondary N) is 1. The minimum absolute atomic E-state index is 0.0419. The Hall–Kier alpha value is -2.27. The molecule has 0 saturated carbocycles. The number of carbonyl (C=O) groups excluding carboxylic acids is 1. The molecule has 5 heteroatoms. The average molecular weight is 339 g/mol. The molecule has 3 fully saturated rings. The Kier molecular flexibility index (Phi) is 4.25. The van der Waals surface area contributed by atoms with Gasteiger partial charge in [0, 0.05) is 30.0 Å². The predicted octanol–water partition coefficient (Wildman–Crippen LogP) is 3.20. The Morgan fingerprint density at radius 3 is 2.72 bits per heavy atom. The van der Waals surface area contributed by atoms with Gasteiger partial charge in [-0.3, -0.25) is 9.47 Å². The number of ether oxygens (including phenoxy) is 1. The zero-order valence-corrected chi connectivity index (χ0v) is 14.8. The van der Waals surface area contributed by atoms with E-state index in [4.69, 9.17) is 4.74 Å². The number of piperidine rings is 3. The Labute approximate surface area is 148 Å². The molecule has 0 unspecified atom stereocenters. The van der Waals surface area contributed by atoms with E-state index in [2.05, 4.69) is 17.1 Å². The van der Waals surface area contributed by atoms with Gasteiger partial charge in [-0.1, -0.05) is 12.1 Å². The van der Waals surface area contributed by atoms with Gasteiger partial charge in [0.1, 0.15) is 5.75 Å². The molecule has 2 aromatic rings. The average Bonchev–Trinajstić information content (AvgIpc) is 3.15. The number of nitrogens with zero attached hydrogens (tertiary/aromatic N) is 2. The molecule has 0 spiro atoms. The van der Waals surface area contributed by atoms with Crippen molar-refractivity contribution in [3.8, 4) is 16.9 Å². The molecule has 1 aromatic carbocycles. The molecule has 1 N–H and O–H groups in total. The molecule has 1 aromatic heterocycles. The van der Waals surface area contributed by atoms with Gasteiger partial charge in [-0.25, -0.2) is 4.79 Å². The summed E-state index contributed by atoms with van der Waals surface area (Å²) in [7, 11) is 1.66. The molecular formula is C20H25N3O2. The van der Waals surface area contributed by atoms with Crippen molar-refractivity contribution in [2.45, 2.75) is 31.8 Å². The third kappa shape index (κ3) is 3.04. The van der Waals surface area contributed by atoms with Crippen LogP contribution < -0.4 is 10.1 Å². The quantitative estimate of drug-likeness (QED) is 0.934. The van der Waals surface area contributed by atoms with E-state index in [9.17, 15) is 4.79 Å². The number of hydrogen-bond donors (Lipinski definition) is 1. The molecule has 2 atom stereocenters. The zero-order valence-electron chi connectivity index (χ0n) is 14.8. The van der Waals surface area contributed by atoms with Gasteiger partial charge >= 0.3 is 6.03 Å². The van der Waals surface area contributed by atoms with E-state index in [1.54, 1.807) is 11.7 Å². The lowest BCUT2D eigenvalue weighted by Gasteiger charge is -2.49. The van der Waals surface area contributed by atoms with Crippen molar-refractivity contribution < 1.29 is 9.53 Å². The molecule has 3 aliphatic rings. The molecule has 5 rings (SSSR count). The molecule has 3 saturated heterocycles. The maximum absolute atomic E-state index is 12.7. The van der Waals surface area contributed by atoms with Crippen molar-refractivity contribution in [1.82, 2.24) is 14.8 Å². The van der Waals surface area contributed by atoms with Crippen LogP contribution in [-0.4, -0.2) is 47.8 Å². The number of aromatic nitrogens is 1. The van der Waals surface area contributed by atoms with Gasteiger partial charge in [0.15, 0.2) is 0 Å². The van der Waals surface area contributed by atoms with Crippen LogP contribution in [0, 0.1) is 5.92 Å². The van der Waals surface area contributed by atoms with E-state index in [0.29, 0.717) is 12.0 Å². The fourth-order valence-electron chi connectivity index (χ4n) is 4.26. The second kappa shape index (κ2) is 6.56. The standard InChI is InChI=1S/C20H25N3O2/c1-14-19(15-6-9-22(14)10-7-15)21-20(24)23-11-8-17(13-23)16-4-3-5-18(12-16)25-2/h3-5,8,11-15,19H,6-7,9-10H2,1-2H3,(H,21,24)/t14-,19+/m1/s1. The number of fused-ring (bicyclic) bond motifs is 3. The topological polar surface area (TPSA) is 46.5 Å². The van der Waals surface area contributed by atoms with Crippen LogP contribution >= 0.6 is 0 Å². The van der Waals surface area contributed by atoms with Crippen molar-refractivity contribution in [1.29, 1.82) is 0 Å². The van der Waals surface area contributed by atoms with E-state index >= 15 is 0 Å². The predicted molar refractivity (Wildman–Crippen MR) is 97.9 cm³/mol. The monoisotopic (exact) mass is 339 g/mol. The van der Waals surface area contributed by atoms with Gasteiger partial charge in [-0.15, -0.1) is 0 Å². The van der Waals surface area contributed by atoms with Gasteiger partial charge in [0.2, 0.25) is 0 Å². The summed E-state index contributed by atoms with van der Waals surface area (Å²) in [6.07, 6.45) is 6.10. The van der Waals surface area contributed by atoms with Crippen LogP contribution in [0.15, 0.2) is 42.7 Å². The van der Waals surface area contributed by atoms with Crippen LogP contribution in [0.3, 0.4) is 0 Å². The minimum atomic E-state index is -0.0419. The molecule has 1 amide bonds. The van der Waals surface area contributed by atoms with Crippen molar-refractivity contribution in [2.75, 3.05) is 20.2 Å². The highest BCUT2D eigenvalue weighted by Crippen LogP contribution is 2.32. The second-order valence-electron chi connectivity index (χ2n) is 7.13. The normalized spacial score (nSPS) is 27.9. The van der Waals surface area contributed by atoms with Gasteiger partial charge in [0.25, 0.3) is 0 Å². The highest BCUT2D eigenvalue weighted by Gasteiger charge is 2.40. The van der Waals surface area contributed by atoms with Gasteiger partial charge in [0.05, 0.1) is 7.11 Å². The molecule has 132 valence electrons. The third-order valence-electron chi connectivity index (χ3n) is 5.80. The molecule has 0 aliphatic carbocycles. The summed E-state index contributed by atoms with van der Waals surface area (Å²) in [5.41, 5.74) is 2.05. The molecule has 5 nitrogen and oxygen atoms in total. The van der Waals surface area contributed by atoms with Crippen molar-refractivity contribution in [2.24, 2.45) is 5.92 Å². The number of benzene rings is 1. The number of methoxy groups -OCH3 is 1. The molecule has 4 heterocycles. The maximum Gasteiger partial charge on any atom is 0.325 e. The van der Waals surface area contributed by atoms with E-state index in [-0.39, 0.29) is 12.1 Å². The summed E-state index contributed by atoms with van der Waals surface area (Å²) in [6, 6.07) is 10.5. The first-order valence-electron chi connectivity index (χ1n) is 9.03. The summed E-state index contributed by atoms with van der Waals surface area (Å²) in [4.78, 5) is 15.2. The SMILES string of the molecule is COc1cccc(-c2ccn(C(=O)N[C@@H]3C4CCN(CC4)[C@@H]3C)c2)c1. The summed E-state index contributed by atoms with van der Waals surface area (Å²) in [6.45, 7) is 4.57. The Balaban J connectivity index is 1.49. The summed E-state index contributed by atoms with van der Waals surface area (Å²) in [5, 5.41) is 3.26. The van der Waals surface area contributed by atoms with E-state index < -0.39 is 0 Å². The molecule has 25 heavy (non-hydrogen) atoms. The molecule has 3 aliphatic heterocycles. The number of amides is 1. The molecule has 0 radical (unpaired) electrons. The fourth-order valence-corrected chi connectivity index (χ4v) is 4.26. The first-order valence-corrected chi connectivity index (χ1v) is 9.03. The number of carbonyl (C=O) groups is 1. The molecule has 2 bridgehead atoms. The molecular weight excluding hydrogens is 314 g/mol. The van der Waals surface area contributed by atoms with Gasteiger partial charge < -0.3 is 10.1 Å². The summed E-state index contributed by atoms with van der Waals surface area (Å²) >= 11 is 0. The first-order chi connectivity index (χ1) is 12.2. The smallest absolute Gasteiger partial charge is 0.325 e. The highest BCUT2D eigenvalue weighted by molar-refractivity contribution is 5.79. The van der Waals surface area contributed by atoms with Crippen molar-refractivity contribution >= 4 is 6.03 Å². The largest absolute Gasteiger partial charge is 0.497 e. The van der Waals surface area contributed by atoms with E-state index in [1.165, 1.54) is 25.9 Å². The van der Waals surface area contributed by atoms with E-state index in [1.807, 2.05) is 42.7 Å². The Bertz CT molecular complexity index is 760. The first kappa shape index (κ1) is 16.2. The van der Waals surface area contributed by atoms with Crippen LogP contribution in [0.4, 0.5) is 4.79 Å². The van der Waals surface area contributed by atoms with Crippen LogP contribution in [0.1, 0.15) is 19.8 Å². The Morgan fingerprint density at radius 2 is 2.00 bits per heavy atom. The zero-order chi connectivity index (χ0) is 17.4. The Morgan fingerprint density at radius 1 is 1.20 bits per heavy atom. The maximum atomic E-state index is 12.7. The van der Waals surface area contributed by atoms with Crippen LogP contribution in [-0.2, 0) is 0 Å². The lowest BCUT2D eigenvalue weighted by molar-refractivity contribution is 0.0267. The van der Waals surface area contributed by atoms with Gasteiger partial charge in [-0.05, 0) is 62.5 Å². The number of rotatable bonds is 3. The second-order valence-corrected chi connectivity index (χ2v) is 7.13. The highest BCUT2D eigenvalue weighted by atomic mass is 16.5. The van der Waals surface area contributed by atoms with Crippen LogP contribution in [0.25, 0.3) is 11.1 Å². The van der Waals surface area contributed by atoms with Crippen LogP contribution in [0.2, 0.25) is 0 Å². The summed E-state index contributed by atoms with van der Waals surface area (Å²) in [5.74, 6) is 1.42. The lowest BCUT2D eigenvalue weighted by Crippen LogP contribution is -2.62. The van der Waals surface area contributed by atoms with E-state index in [0.717, 1.165) is 16.9 Å². The van der Waals surface area contributed by atoms with Crippen molar-refractivity contribution in [3.05, 3.63) is 42.7 Å². The van der Waals surface area contributed by atoms with Crippen LogP contribution in [0.5, 0.6) is 5.75 Å². The third-order valence-corrected chi connectivity index (χ3v) is 5.80. The number of hydrogen-bond acceptors (Lipinski definition) is 3. The van der Waals surface area contributed by atoms with Crippen molar-refractivity contribution in [3.63, 3.8) is 0 Å². The minimum Gasteiger partial charge on any atom is -0.497 e. The summed E-state index contributed by atoms with van der Waals surface area (Å²) < 4.78 is 6.93.